The molecule has 0 radical (unpaired) electrons. The van der Waals surface area contributed by atoms with Crippen LogP contribution in [0.15, 0.2) is 46.9 Å². The fraction of sp³-hybridized carbons (Fsp3) is 0.167. The average Bonchev–Trinajstić information content (AvgIpc) is 2.85. The number of hydrogen-bond donors (Lipinski definition) is 0. The summed E-state index contributed by atoms with van der Waals surface area (Å²) in [6.07, 6.45) is 1.82. The number of rotatable bonds is 4. The lowest BCUT2D eigenvalue weighted by Gasteiger charge is -1.97. The van der Waals surface area contributed by atoms with Crippen molar-refractivity contribution >= 4 is 28.3 Å². The third-order valence-corrected chi connectivity index (χ3v) is 3.25. The fourth-order valence-electron chi connectivity index (χ4n) is 1.45. The lowest BCUT2D eigenvalue weighted by atomic mass is 10.2. The lowest BCUT2D eigenvalue weighted by Crippen LogP contribution is -1.95. The van der Waals surface area contributed by atoms with Crippen LogP contribution in [0.4, 0.5) is 5.69 Å². The van der Waals surface area contributed by atoms with Crippen LogP contribution in [0.2, 0.25) is 0 Å². The zero-order valence-corrected chi connectivity index (χ0v) is 10.4. The van der Waals surface area contributed by atoms with Gasteiger partial charge < -0.3 is 0 Å². The summed E-state index contributed by atoms with van der Waals surface area (Å²) >= 11 is 1.60. The molecule has 0 aliphatic carbocycles. The van der Waals surface area contributed by atoms with Gasteiger partial charge in [-0.05, 0) is 12.1 Å². The highest BCUT2D eigenvalue weighted by molar-refractivity contribution is 8.14. The molecule has 1 aromatic rings. The van der Waals surface area contributed by atoms with Crippen LogP contribution in [0.5, 0.6) is 0 Å². The zero-order valence-electron chi connectivity index (χ0n) is 9.57. The minimum absolute atomic E-state index is 0.0718. The minimum Gasteiger partial charge on any atom is -0.259 e. The van der Waals surface area contributed by atoms with Crippen LogP contribution in [0.3, 0.4) is 0 Å². The molecule has 0 N–H and O–H groups in total. The molecule has 2 rings (SSSR count). The first-order chi connectivity index (χ1) is 8.70. The van der Waals surface area contributed by atoms with Crippen LogP contribution in [-0.4, -0.2) is 28.1 Å². The zero-order chi connectivity index (χ0) is 13.0. The second kappa shape index (κ2) is 5.59. The molecule has 0 saturated heterocycles. The van der Waals surface area contributed by atoms with Crippen LogP contribution in [0, 0.1) is 10.1 Å². The van der Waals surface area contributed by atoms with Crippen molar-refractivity contribution < 1.29 is 4.92 Å². The third kappa shape index (κ3) is 2.84. The van der Waals surface area contributed by atoms with Gasteiger partial charge >= 0.3 is 0 Å². The van der Waals surface area contributed by atoms with Crippen LogP contribution in [-0.2, 0) is 0 Å². The molecule has 6 heteroatoms. The molecular weight excluding hydrogens is 250 g/mol. The number of nitrogens with zero attached hydrogens (tertiary/aromatic N) is 3. The van der Waals surface area contributed by atoms with Crippen molar-refractivity contribution in [2.45, 2.75) is 0 Å². The maximum absolute atomic E-state index is 10.5. The monoisotopic (exact) mass is 261 g/mol. The van der Waals surface area contributed by atoms with Crippen molar-refractivity contribution in [1.29, 1.82) is 0 Å². The van der Waals surface area contributed by atoms with E-state index in [1.54, 1.807) is 23.9 Å². The Morgan fingerprint density at radius 3 is 2.78 bits per heavy atom. The van der Waals surface area contributed by atoms with Gasteiger partial charge in [0.2, 0.25) is 0 Å². The first-order valence-electron chi connectivity index (χ1n) is 5.31. The molecule has 1 heterocycles. The van der Waals surface area contributed by atoms with Crippen LogP contribution in [0.25, 0.3) is 0 Å². The number of aliphatic imine (C=N–C) groups is 2. The third-order valence-electron chi connectivity index (χ3n) is 2.30. The number of nitro benzene ring substituents is 1. The van der Waals surface area contributed by atoms with Crippen LogP contribution < -0.4 is 0 Å². The van der Waals surface area contributed by atoms with Gasteiger partial charge in [-0.25, -0.2) is 4.99 Å². The molecule has 0 aromatic heterocycles. The molecule has 18 heavy (non-hydrogen) atoms. The first kappa shape index (κ1) is 12.5. The van der Waals surface area contributed by atoms with E-state index in [4.69, 9.17) is 0 Å². The molecule has 1 aliphatic rings. The highest BCUT2D eigenvalue weighted by atomic mass is 32.2. The predicted octanol–water partition coefficient (Wildman–Crippen LogP) is 2.67. The lowest BCUT2D eigenvalue weighted by molar-refractivity contribution is -0.384. The number of hydrogen-bond acceptors (Lipinski definition) is 5. The topological polar surface area (TPSA) is 67.9 Å². The Kier molecular flexibility index (Phi) is 3.88. The number of thioether (sulfide) groups is 1. The summed E-state index contributed by atoms with van der Waals surface area (Å²) in [5, 5.41) is 11.5. The van der Waals surface area contributed by atoms with Crippen molar-refractivity contribution in [2.75, 3.05) is 12.3 Å². The number of nitro groups is 1. The number of non-ortho nitro benzene ring substituents is 1. The van der Waals surface area contributed by atoms with Gasteiger partial charge in [-0.3, -0.25) is 15.1 Å². The van der Waals surface area contributed by atoms with E-state index >= 15 is 0 Å². The van der Waals surface area contributed by atoms with Gasteiger partial charge in [-0.1, -0.05) is 6.08 Å². The molecule has 0 atom stereocenters. The Bertz CT molecular complexity index is 535. The predicted molar refractivity (Wildman–Crippen MR) is 74.6 cm³/mol. The van der Waals surface area contributed by atoms with Crippen LogP contribution in [0.1, 0.15) is 5.56 Å². The van der Waals surface area contributed by atoms with Gasteiger partial charge in [0.25, 0.3) is 5.69 Å². The number of amidine groups is 1. The summed E-state index contributed by atoms with van der Waals surface area (Å²) in [6.45, 7) is 4.22. The Morgan fingerprint density at radius 2 is 2.17 bits per heavy atom. The van der Waals surface area contributed by atoms with E-state index in [1.807, 2.05) is 6.08 Å². The standard InChI is InChI=1S/C12H11N3O2S/c1-2-7-18-11-8-13-12(14-11)9-3-5-10(6-4-9)15(16)17/h2-6H,1,7-8H2. The average molecular weight is 261 g/mol. The molecule has 5 nitrogen and oxygen atoms in total. The Labute approximate surface area is 108 Å². The quantitative estimate of drug-likeness (QED) is 0.475. The Balaban J connectivity index is 2.11. The summed E-state index contributed by atoms with van der Waals surface area (Å²) in [7, 11) is 0. The molecule has 0 bridgehead atoms. The smallest absolute Gasteiger partial charge is 0.259 e. The minimum atomic E-state index is -0.422. The van der Waals surface area contributed by atoms with Crippen molar-refractivity contribution in [3.8, 4) is 0 Å². The highest BCUT2D eigenvalue weighted by Crippen LogP contribution is 2.17. The molecule has 0 spiro atoms. The van der Waals surface area contributed by atoms with Gasteiger partial charge in [-0.2, -0.15) is 0 Å². The van der Waals surface area contributed by atoms with Crippen LogP contribution >= 0.6 is 11.8 Å². The van der Waals surface area contributed by atoms with Crippen molar-refractivity contribution in [3.05, 3.63) is 52.6 Å². The Morgan fingerprint density at radius 1 is 1.44 bits per heavy atom. The van der Waals surface area contributed by atoms with E-state index in [0.717, 1.165) is 16.4 Å². The van der Waals surface area contributed by atoms with Gasteiger partial charge in [0.05, 0.1) is 16.5 Å². The summed E-state index contributed by atoms with van der Waals surface area (Å²) in [6, 6.07) is 6.26. The summed E-state index contributed by atoms with van der Waals surface area (Å²) in [5.74, 6) is 1.44. The van der Waals surface area contributed by atoms with E-state index in [2.05, 4.69) is 16.6 Å². The highest BCUT2D eigenvalue weighted by Gasteiger charge is 2.13. The van der Waals surface area contributed by atoms with Gasteiger partial charge in [0, 0.05) is 23.4 Å². The molecule has 0 amide bonds. The Hall–Kier alpha value is -1.95. The van der Waals surface area contributed by atoms with Gasteiger partial charge in [-0.15, -0.1) is 18.3 Å². The van der Waals surface area contributed by atoms with Gasteiger partial charge in [0.15, 0.2) is 5.84 Å². The molecule has 1 aromatic carbocycles. The van der Waals surface area contributed by atoms with E-state index < -0.39 is 4.92 Å². The van der Waals surface area contributed by atoms with E-state index in [0.29, 0.717) is 12.4 Å². The summed E-state index contributed by atoms with van der Waals surface area (Å²) in [4.78, 5) is 18.8. The largest absolute Gasteiger partial charge is 0.269 e. The van der Waals surface area contributed by atoms with Crippen molar-refractivity contribution in [1.82, 2.24) is 0 Å². The van der Waals surface area contributed by atoms with Crippen molar-refractivity contribution in [2.24, 2.45) is 9.98 Å². The van der Waals surface area contributed by atoms with Crippen molar-refractivity contribution in [3.63, 3.8) is 0 Å². The normalized spacial score (nSPS) is 14.0. The maximum atomic E-state index is 10.5. The summed E-state index contributed by atoms with van der Waals surface area (Å²) < 4.78 is 0. The second-order valence-electron chi connectivity index (χ2n) is 3.55. The van der Waals surface area contributed by atoms with E-state index in [1.165, 1.54) is 12.1 Å². The molecule has 92 valence electrons. The van der Waals surface area contributed by atoms with Gasteiger partial charge in [0.1, 0.15) is 0 Å². The summed E-state index contributed by atoms with van der Waals surface area (Å²) in [5.41, 5.74) is 0.873. The van der Waals surface area contributed by atoms with E-state index in [9.17, 15) is 10.1 Å². The molecule has 0 fully saturated rings. The first-order valence-corrected chi connectivity index (χ1v) is 6.30. The molecule has 0 unspecified atom stereocenters. The second-order valence-corrected chi connectivity index (χ2v) is 4.64. The van der Waals surface area contributed by atoms with E-state index in [-0.39, 0.29) is 5.69 Å². The fourth-order valence-corrected chi connectivity index (χ4v) is 2.07. The number of benzene rings is 1. The molecular formula is C12H11N3O2S. The maximum Gasteiger partial charge on any atom is 0.269 e. The molecule has 0 saturated carbocycles. The molecule has 1 aliphatic heterocycles. The SMILES string of the molecule is C=CCSC1=NC(c2ccc([N+](=O)[O-])cc2)=NC1.